The third kappa shape index (κ3) is 12.5. The highest BCUT2D eigenvalue weighted by Crippen LogP contribution is 2.25. The molecule has 2 rings (SSSR count). The Kier molecular flexibility index (Phi) is 11.6. The van der Waals surface area contributed by atoms with Crippen molar-refractivity contribution in [3.63, 3.8) is 0 Å². The predicted octanol–water partition coefficient (Wildman–Crippen LogP) is 2.81. The monoisotopic (exact) mass is 496 g/mol. The standard InChI is InChI=1S/C19H30N2O4.C6H10O4/c1-18(2,3)17(24)25-12-13-7-8-15(22)14(11-13)21-16(23)9-10-20-19(4,5)6;7-4-1-2-10-5(3-4)6(8)9/h7-8,11,20,22H,9-10,12H2,1-6H3,(H,21,23);4-5,7H,1-3H2,(H,8,9). The average molecular weight is 497 g/mol. The third-order valence-electron chi connectivity index (χ3n) is 4.86. The molecule has 10 nitrogen and oxygen atoms in total. The number of carbonyl (C=O) groups is 3. The predicted molar refractivity (Wildman–Crippen MR) is 131 cm³/mol. The Balaban J connectivity index is 0.000000507. The summed E-state index contributed by atoms with van der Waals surface area (Å²) in [6.07, 6.45) is -0.252. The van der Waals surface area contributed by atoms with Crippen molar-refractivity contribution >= 4 is 23.5 Å². The highest BCUT2D eigenvalue weighted by molar-refractivity contribution is 5.92. The van der Waals surface area contributed by atoms with Gasteiger partial charge in [0.05, 0.1) is 23.8 Å². The van der Waals surface area contributed by atoms with Gasteiger partial charge < -0.3 is 35.4 Å². The van der Waals surface area contributed by atoms with Gasteiger partial charge in [0.1, 0.15) is 12.4 Å². The second kappa shape index (κ2) is 13.4. The molecule has 5 N–H and O–H groups in total. The molecule has 1 saturated heterocycles. The molecule has 35 heavy (non-hydrogen) atoms. The SMILES string of the molecule is CC(C)(C)NCCC(=O)Nc1cc(COC(=O)C(C)(C)C)ccc1O.O=C(O)C1CC(O)CCO1. The van der Waals surface area contributed by atoms with Crippen molar-refractivity contribution in [2.24, 2.45) is 5.41 Å². The maximum Gasteiger partial charge on any atom is 0.332 e. The minimum Gasteiger partial charge on any atom is -0.506 e. The molecule has 2 atom stereocenters. The highest BCUT2D eigenvalue weighted by Gasteiger charge is 2.26. The second-order valence-electron chi connectivity index (χ2n) is 10.5. The lowest BCUT2D eigenvalue weighted by Crippen LogP contribution is -2.37. The first-order valence-corrected chi connectivity index (χ1v) is 11.6. The lowest BCUT2D eigenvalue weighted by molar-refractivity contribution is -0.157. The molecule has 1 aromatic rings. The number of hydrogen-bond donors (Lipinski definition) is 5. The van der Waals surface area contributed by atoms with Crippen LogP contribution in [0.4, 0.5) is 5.69 Å². The first kappa shape index (κ1) is 30.3. The molecule has 10 heteroatoms. The molecule has 0 saturated carbocycles. The van der Waals surface area contributed by atoms with E-state index in [0.717, 1.165) is 0 Å². The van der Waals surface area contributed by atoms with Crippen LogP contribution in [0.1, 0.15) is 66.4 Å². The van der Waals surface area contributed by atoms with Crippen LogP contribution < -0.4 is 10.6 Å². The van der Waals surface area contributed by atoms with Gasteiger partial charge in [-0.2, -0.15) is 0 Å². The van der Waals surface area contributed by atoms with Gasteiger partial charge in [0, 0.05) is 24.9 Å². The number of carboxylic acid groups (broad SMARTS) is 1. The minimum absolute atomic E-state index is 0.0250. The van der Waals surface area contributed by atoms with Crippen molar-refractivity contribution in [1.82, 2.24) is 5.32 Å². The van der Waals surface area contributed by atoms with Gasteiger partial charge in [-0.3, -0.25) is 9.59 Å². The van der Waals surface area contributed by atoms with Crippen LogP contribution >= 0.6 is 0 Å². The molecular weight excluding hydrogens is 456 g/mol. The number of phenols is 1. The number of esters is 1. The van der Waals surface area contributed by atoms with Crippen molar-refractivity contribution < 1.29 is 39.2 Å². The Hall–Kier alpha value is -2.69. The van der Waals surface area contributed by atoms with Crippen molar-refractivity contribution in [3.05, 3.63) is 23.8 Å². The summed E-state index contributed by atoms with van der Waals surface area (Å²) in [6, 6.07) is 4.74. The van der Waals surface area contributed by atoms with Crippen LogP contribution in [0.25, 0.3) is 0 Å². The number of aliphatic hydroxyl groups is 1. The van der Waals surface area contributed by atoms with E-state index in [-0.39, 0.29) is 36.2 Å². The van der Waals surface area contributed by atoms with E-state index in [1.54, 1.807) is 32.9 Å². The lowest BCUT2D eigenvalue weighted by atomic mass is 9.97. The van der Waals surface area contributed by atoms with E-state index in [4.69, 9.17) is 19.7 Å². The maximum atomic E-state index is 12.0. The van der Waals surface area contributed by atoms with Crippen LogP contribution in [-0.2, 0) is 30.5 Å². The number of carboxylic acids is 1. The van der Waals surface area contributed by atoms with Crippen LogP contribution in [0.15, 0.2) is 18.2 Å². The van der Waals surface area contributed by atoms with E-state index >= 15 is 0 Å². The zero-order valence-electron chi connectivity index (χ0n) is 21.5. The summed E-state index contributed by atoms with van der Waals surface area (Å²) in [7, 11) is 0. The highest BCUT2D eigenvalue weighted by atomic mass is 16.5. The van der Waals surface area contributed by atoms with Gasteiger partial charge in [-0.15, -0.1) is 0 Å². The van der Waals surface area contributed by atoms with Crippen LogP contribution in [-0.4, -0.2) is 64.1 Å². The van der Waals surface area contributed by atoms with Gasteiger partial charge in [0.25, 0.3) is 0 Å². The summed E-state index contributed by atoms with van der Waals surface area (Å²) < 4.78 is 10.1. The third-order valence-corrected chi connectivity index (χ3v) is 4.86. The second-order valence-corrected chi connectivity index (χ2v) is 10.5. The van der Waals surface area contributed by atoms with E-state index in [1.807, 2.05) is 20.8 Å². The number of hydrogen-bond acceptors (Lipinski definition) is 8. The Morgan fingerprint density at radius 2 is 1.80 bits per heavy atom. The quantitative estimate of drug-likeness (QED) is 0.283. The molecule has 2 unspecified atom stereocenters. The number of rotatable bonds is 7. The number of phenolic OH excluding ortho intramolecular Hbond substituents is 1. The maximum absolute atomic E-state index is 12.0. The van der Waals surface area contributed by atoms with Crippen LogP contribution in [0.5, 0.6) is 5.75 Å². The molecule has 1 fully saturated rings. The fourth-order valence-corrected chi connectivity index (χ4v) is 2.85. The number of nitrogens with one attached hydrogen (secondary N) is 2. The van der Waals surface area contributed by atoms with E-state index in [2.05, 4.69) is 10.6 Å². The Morgan fingerprint density at radius 3 is 2.31 bits per heavy atom. The Bertz CT molecular complexity index is 858. The molecular formula is C25H40N2O8. The first-order valence-electron chi connectivity index (χ1n) is 11.6. The number of ether oxygens (including phenoxy) is 2. The molecule has 1 aromatic carbocycles. The largest absolute Gasteiger partial charge is 0.506 e. The normalized spacial score (nSPS) is 18.1. The molecule has 0 aliphatic carbocycles. The molecule has 0 aromatic heterocycles. The number of anilines is 1. The van der Waals surface area contributed by atoms with Crippen LogP contribution in [0.2, 0.25) is 0 Å². The van der Waals surface area contributed by atoms with Crippen molar-refractivity contribution in [3.8, 4) is 5.75 Å². The Morgan fingerprint density at radius 1 is 1.14 bits per heavy atom. The lowest BCUT2D eigenvalue weighted by Gasteiger charge is -2.22. The molecule has 0 radical (unpaired) electrons. The fraction of sp³-hybridized carbons (Fsp3) is 0.640. The molecule has 1 heterocycles. The first-order chi connectivity index (χ1) is 16.1. The summed E-state index contributed by atoms with van der Waals surface area (Å²) in [6.45, 7) is 12.4. The molecule has 1 aliphatic heterocycles. The zero-order chi connectivity index (χ0) is 26.8. The van der Waals surface area contributed by atoms with Crippen molar-refractivity contribution in [1.29, 1.82) is 0 Å². The number of aliphatic carboxylic acids is 1. The van der Waals surface area contributed by atoms with E-state index in [1.165, 1.54) is 6.07 Å². The van der Waals surface area contributed by atoms with Crippen molar-refractivity contribution in [2.45, 2.75) is 85.2 Å². The summed E-state index contributed by atoms with van der Waals surface area (Å²) in [4.78, 5) is 34.1. The smallest absolute Gasteiger partial charge is 0.332 e. The van der Waals surface area contributed by atoms with Crippen molar-refractivity contribution in [2.75, 3.05) is 18.5 Å². The summed E-state index contributed by atoms with van der Waals surface area (Å²) in [5.74, 6) is -1.52. The summed E-state index contributed by atoms with van der Waals surface area (Å²) in [5, 5.41) is 33.2. The van der Waals surface area contributed by atoms with Gasteiger partial charge >= 0.3 is 11.9 Å². The van der Waals surface area contributed by atoms with Gasteiger partial charge in [-0.1, -0.05) is 6.07 Å². The molecule has 1 aliphatic rings. The molecule has 1 amide bonds. The summed E-state index contributed by atoms with van der Waals surface area (Å²) >= 11 is 0. The van der Waals surface area contributed by atoms with E-state index < -0.39 is 23.6 Å². The van der Waals surface area contributed by atoms with E-state index in [9.17, 15) is 19.5 Å². The number of carbonyl (C=O) groups excluding carboxylic acids is 2. The van der Waals surface area contributed by atoms with Gasteiger partial charge in [0.15, 0.2) is 6.10 Å². The van der Waals surface area contributed by atoms with Crippen LogP contribution in [0, 0.1) is 5.41 Å². The number of aromatic hydroxyl groups is 1. The topological polar surface area (TPSA) is 154 Å². The summed E-state index contributed by atoms with van der Waals surface area (Å²) in [5.41, 5.74) is 0.372. The molecule has 198 valence electrons. The minimum atomic E-state index is -0.987. The van der Waals surface area contributed by atoms with E-state index in [0.29, 0.717) is 37.2 Å². The molecule has 0 spiro atoms. The Labute approximate surface area is 207 Å². The fourth-order valence-electron chi connectivity index (χ4n) is 2.85. The number of aliphatic hydroxyl groups excluding tert-OH is 1. The van der Waals surface area contributed by atoms with Gasteiger partial charge in [0.2, 0.25) is 5.91 Å². The van der Waals surface area contributed by atoms with Gasteiger partial charge in [-0.25, -0.2) is 4.79 Å². The average Bonchev–Trinajstić information content (AvgIpc) is 2.73. The zero-order valence-corrected chi connectivity index (χ0v) is 21.5. The van der Waals surface area contributed by atoms with Crippen LogP contribution in [0.3, 0.4) is 0 Å². The molecule has 0 bridgehead atoms. The number of benzene rings is 1. The number of amides is 1. The van der Waals surface area contributed by atoms with Gasteiger partial charge in [-0.05, 0) is 65.7 Å².